The number of fused-ring (bicyclic) bond motifs is 1. The lowest BCUT2D eigenvalue weighted by Crippen LogP contribution is -2.39. The zero-order chi connectivity index (χ0) is 14.8. The second-order valence-corrected chi connectivity index (χ2v) is 6.94. The van der Waals surface area contributed by atoms with Crippen LogP contribution in [0.2, 0.25) is 5.02 Å². The molecular formula is C16H18ClNO2S. The number of likely N-dealkylation sites (tertiary alicyclic amines) is 1. The fraction of sp³-hybridized carbons (Fsp3) is 0.438. The summed E-state index contributed by atoms with van der Waals surface area (Å²) in [4.78, 5) is 15.3. The van der Waals surface area contributed by atoms with Crippen molar-refractivity contribution in [1.82, 2.24) is 4.90 Å². The lowest BCUT2D eigenvalue weighted by Gasteiger charge is -2.32. The molecule has 0 bridgehead atoms. The minimum atomic E-state index is 0.0313. The summed E-state index contributed by atoms with van der Waals surface area (Å²) >= 11 is 7.86. The molecule has 1 fully saturated rings. The van der Waals surface area contributed by atoms with E-state index in [2.05, 4.69) is 0 Å². The van der Waals surface area contributed by atoms with Crippen LogP contribution >= 0.6 is 22.9 Å². The Hall–Kier alpha value is -1.10. The third-order valence-electron chi connectivity index (χ3n) is 4.07. The number of benzene rings is 1. The maximum absolute atomic E-state index is 12.7. The second kappa shape index (κ2) is 6.34. The van der Waals surface area contributed by atoms with Crippen LogP contribution in [-0.2, 0) is 0 Å². The lowest BCUT2D eigenvalue weighted by atomic mass is 9.95. The summed E-state index contributed by atoms with van der Waals surface area (Å²) in [5.41, 5.74) is 0. The number of halogens is 1. The number of rotatable bonds is 3. The monoisotopic (exact) mass is 323 g/mol. The van der Waals surface area contributed by atoms with Gasteiger partial charge in [-0.1, -0.05) is 29.8 Å². The van der Waals surface area contributed by atoms with Gasteiger partial charge in [-0.2, -0.15) is 0 Å². The smallest absolute Gasteiger partial charge is 0.265 e. The highest BCUT2D eigenvalue weighted by Gasteiger charge is 2.27. The van der Waals surface area contributed by atoms with E-state index in [9.17, 15) is 4.79 Å². The van der Waals surface area contributed by atoms with Crippen LogP contribution in [0.1, 0.15) is 28.9 Å². The number of carbonyl (C=O) groups excluding carboxylic acids is 1. The van der Waals surface area contributed by atoms with E-state index in [1.165, 1.54) is 11.3 Å². The van der Waals surface area contributed by atoms with Gasteiger partial charge in [0.1, 0.15) is 4.88 Å². The SMILES string of the molecule is O=C(c1sc2ccccc2c1Cl)N1CCCC(CCO)C1. The summed E-state index contributed by atoms with van der Waals surface area (Å²) < 4.78 is 1.05. The first kappa shape index (κ1) is 14.8. The van der Waals surface area contributed by atoms with Gasteiger partial charge in [0.15, 0.2) is 0 Å². The molecule has 21 heavy (non-hydrogen) atoms. The Morgan fingerprint density at radius 3 is 3.00 bits per heavy atom. The number of carbonyl (C=O) groups is 1. The van der Waals surface area contributed by atoms with Crippen LogP contribution in [0, 0.1) is 5.92 Å². The van der Waals surface area contributed by atoms with Crippen LogP contribution in [0.3, 0.4) is 0 Å². The molecule has 1 amide bonds. The molecule has 1 unspecified atom stereocenters. The number of hydrogen-bond acceptors (Lipinski definition) is 3. The van der Waals surface area contributed by atoms with E-state index in [1.807, 2.05) is 29.2 Å². The third-order valence-corrected chi connectivity index (χ3v) is 5.74. The molecule has 2 heterocycles. The van der Waals surface area contributed by atoms with E-state index < -0.39 is 0 Å². The van der Waals surface area contributed by atoms with E-state index in [0.717, 1.165) is 42.4 Å². The Kier molecular flexibility index (Phi) is 4.48. The molecule has 1 N–H and O–H groups in total. The molecule has 0 spiro atoms. The molecule has 1 atom stereocenters. The molecule has 0 aliphatic carbocycles. The van der Waals surface area contributed by atoms with E-state index in [0.29, 0.717) is 15.8 Å². The molecule has 0 radical (unpaired) electrons. The van der Waals surface area contributed by atoms with Gasteiger partial charge < -0.3 is 10.0 Å². The molecule has 0 saturated carbocycles. The number of thiophene rings is 1. The highest BCUT2D eigenvalue weighted by Crippen LogP contribution is 2.36. The van der Waals surface area contributed by atoms with Crippen molar-refractivity contribution >= 4 is 38.9 Å². The average Bonchev–Trinajstić information content (AvgIpc) is 2.85. The molecule has 5 heteroatoms. The first-order chi connectivity index (χ1) is 10.2. The van der Waals surface area contributed by atoms with E-state index in [-0.39, 0.29) is 12.5 Å². The zero-order valence-electron chi connectivity index (χ0n) is 11.7. The van der Waals surface area contributed by atoms with Gasteiger partial charge in [-0.25, -0.2) is 0 Å². The van der Waals surface area contributed by atoms with E-state index in [4.69, 9.17) is 16.7 Å². The Morgan fingerprint density at radius 2 is 2.24 bits per heavy atom. The first-order valence-corrected chi connectivity index (χ1v) is 8.47. The summed E-state index contributed by atoms with van der Waals surface area (Å²) in [6, 6.07) is 7.85. The van der Waals surface area contributed by atoms with Gasteiger partial charge in [0.25, 0.3) is 5.91 Å². The first-order valence-electron chi connectivity index (χ1n) is 7.28. The summed E-state index contributed by atoms with van der Waals surface area (Å²) in [6.45, 7) is 1.70. The van der Waals surface area contributed by atoms with Crippen LogP contribution < -0.4 is 0 Å². The highest BCUT2D eigenvalue weighted by atomic mass is 35.5. The second-order valence-electron chi connectivity index (χ2n) is 5.51. The topological polar surface area (TPSA) is 40.5 Å². The van der Waals surface area contributed by atoms with Crippen LogP contribution in [-0.4, -0.2) is 35.6 Å². The number of aliphatic hydroxyl groups excluding tert-OH is 1. The van der Waals surface area contributed by atoms with Gasteiger partial charge in [-0.15, -0.1) is 11.3 Å². The predicted octanol–water partition coefficient (Wildman–Crippen LogP) is 3.79. The minimum absolute atomic E-state index is 0.0313. The number of nitrogens with zero attached hydrogens (tertiary/aromatic N) is 1. The fourth-order valence-electron chi connectivity index (χ4n) is 2.96. The molecule has 1 aliphatic rings. The van der Waals surface area contributed by atoms with E-state index in [1.54, 1.807) is 0 Å². The molecule has 1 aromatic heterocycles. The largest absolute Gasteiger partial charge is 0.396 e. The molecule has 3 nitrogen and oxygen atoms in total. The van der Waals surface area contributed by atoms with Crippen LogP contribution in [0.15, 0.2) is 24.3 Å². The maximum Gasteiger partial charge on any atom is 0.265 e. The molecular weight excluding hydrogens is 306 g/mol. The van der Waals surface area contributed by atoms with Crippen molar-refractivity contribution < 1.29 is 9.90 Å². The summed E-state index contributed by atoms with van der Waals surface area (Å²) in [7, 11) is 0. The molecule has 112 valence electrons. The molecule has 1 saturated heterocycles. The molecule has 2 aromatic rings. The lowest BCUT2D eigenvalue weighted by molar-refractivity contribution is 0.0659. The van der Waals surface area contributed by atoms with Gasteiger partial charge in [0.05, 0.1) is 5.02 Å². The average molecular weight is 324 g/mol. The molecule has 1 aromatic carbocycles. The van der Waals surface area contributed by atoms with Crippen molar-refractivity contribution in [2.45, 2.75) is 19.3 Å². The van der Waals surface area contributed by atoms with Crippen molar-refractivity contribution in [2.75, 3.05) is 19.7 Å². The van der Waals surface area contributed by atoms with Gasteiger partial charge in [-0.05, 0) is 31.2 Å². The highest BCUT2D eigenvalue weighted by molar-refractivity contribution is 7.21. The van der Waals surface area contributed by atoms with Gasteiger partial charge >= 0.3 is 0 Å². The normalized spacial score (nSPS) is 19.1. The molecule has 3 rings (SSSR count). The molecule has 1 aliphatic heterocycles. The predicted molar refractivity (Wildman–Crippen MR) is 87.2 cm³/mol. The Labute approximate surface area is 133 Å². The van der Waals surface area contributed by atoms with Gasteiger partial charge in [0.2, 0.25) is 0 Å². The quantitative estimate of drug-likeness (QED) is 0.933. The van der Waals surface area contributed by atoms with Crippen molar-refractivity contribution in [3.05, 3.63) is 34.2 Å². The van der Waals surface area contributed by atoms with Crippen molar-refractivity contribution in [3.63, 3.8) is 0 Å². The third kappa shape index (κ3) is 2.93. The Balaban J connectivity index is 1.84. The summed E-state index contributed by atoms with van der Waals surface area (Å²) in [6.07, 6.45) is 2.85. The van der Waals surface area contributed by atoms with Crippen molar-refractivity contribution in [3.8, 4) is 0 Å². The minimum Gasteiger partial charge on any atom is -0.396 e. The summed E-state index contributed by atoms with van der Waals surface area (Å²) in [5.74, 6) is 0.435. The Bertz CT molecular complexity index is 653. The number of aliphatic hydroxyl groups is 1. The Morgan fingerprint density at radius 1 is 1.43 bits per heavy atom. The summed E-state index contributed by atoms with van der Waals surface area (Å²) in [5, 5.41) is 10.6. The van der Waals surface area contributed by atoms with Crippen LogP contribution in [0.5, 0.6) is 0 Å². The number of piperidine rings is 1. The number of hydrogen-bond donors (Lipinski definition) is 1. The van der Waals surface area contributed by atoms with E-state index >= 15 is 0 Å². The van der Waals surface area contributed by atoms with Gasteiger partial charge in [0, 0.05) is 29.8 Å². The standard InChI is InChI=1S/C16H18ClNO2S/c17-14-12-5-1-2-6-13(12)21-15(14)16(20)18-8-3-4-11(10-18)7-9-19/h1-2,5-6,11,19H,3-4,7-10H2. The number of amides is 1. The fourth-order valence-corrected chi connectivity index (χ4v) is 4.44. The van der Waals surface area contributed by atoms with Crippen molar-refractivity contribution in [1.29, 1.82) is 0 Å². The van der Waals surface area contributed by atoms with Gasteiger partial charge in [-0.3, -0.25) is 4.79 Å². The van der Waals surface area contributed by atoms with Crippen LogP contribution in [0.25, 0.3) is 10.1 Å². The zero-order valence-corrected chi connectivity index (χ0v) is 13.3. The van der Waals surface area contributed by atoms with Crippen LogP contribution in [0.4, 0.5) is 0 Å². The van der Waals surface area contributed by atoms with Crippen molar-refractivity contribution in [2.24, 2.45) is 5.92 Å². The maximum atomic E-state index is 12.7.